The third kappa shape index (κ3) is 4.10. The van der Waals surface area contributed by atoms with Crippen molar-refractivity contribution in [2.24, 2.45) is 16.8 Å². The summed E-state index contributed by atoms with van der Waals surface area (Å²) in [5.41, 5.74) is 5.87. The van der Waals surface area contributed by atoms with Crippen molar-refractivity contribution < 1.29 is 9.94 Å². The second kappa shape index (κ2) is 7.45. The van der Waals surface area contributed by atoms with Gasteiger partial charge >= 0.3 is 0 Å². The van der Waals surface area contributed by atoms with Crippen LogP contribution in [0, 0.1) is 5.92 Å². The minimum atomic E-state index is 0.0834. The summed E-state index contributed by atoms with van der Waals surface area (Å²) in [5, 5.41) is 12.0. The summed E-state index contributed by atoms with van der Waals surface area (Å²) < 4.78 is 6.19. The Labute approximate surface area is 128 Å². The molecule has 2 atom stereocenters. The number of nitrogens with zero attached hydrogens (tertiary/aromatic N) is 2. The van der Waals surface area contributed by atoms with E-state index in [1.54, 1.807) is 0 Å². The van der Waals surface area contributed by atoms with Gasteiger partial charge in [-0.15, -0.1) is 0 Å². The number of rotatable bonds is 5. The predicted molar refractivity (Wildman–Crippen MR) is 84.6 cm³/mol. The number of nitrogens with two attached hydrogens (primary N) is 1. The van der Waals surface area contributed by atoms with Crippen LogP contribution >= 0.6 is 0 Å². The van der Waals surface area contributed by atoms with E-state index in [4.69, 9.17) is 15.7 Å². The van der Waals surface area contributed by atoms with Crippen LogP contribution in [-0.4, -0.2) is 47.3 Å². The summed E-state index contributed by atoms with van der Waals surface area (Å²) in [6.07, 6.45) is 8.64. The van der Waals surface area contributed by atoms with Gasteiger partial charge in [-0.05, 0) is 32.2 Å². The van der Waals surface area contributed by atoms with Crippen molar-refractivity contribution in [1.82, 2.24) is 4.90 Å². The zero-order valence-corrected chi connectivity index (χ0v) is 13.6. The molecule has 0 radical (unpaired) electrons. The molecule has 1 saturated carbocycles. The van der Waals surface area contributed by atoms with Crippen molar-refractivity contribution in [2.45, 2.75) is 70.4 Å². The number of ether oxygens (including phenoxy) is 1. The van der Waals surface area contributed by atoms with Gasteiger partial charge in [-0.1, -0.05) is 38.3 Å². The molecule has 3 N–H and O–H groups in total. The molecule has 1 heterocycles. The molecule has 2 unspecified atom stereocenters. The lowest BCUT2D eigenvalue weighted by Gasteiger charge is -2.46. The molecule has 21 heavy (non-hydrogen) atoms. The van der Waals surface area contributed by atoms with Gasteiger partial charge in [0.1, 0.15) is 5.84 Å². The molecule has 0 aromatic carbocycles. The SMILES string of the molecule is CCN(CC(C)C(N)=NO)C1CCOC2(CCCCC2)C1. The van der Waals surface area contributed by atoms with Crippen LogP contribution in [0.4, 0.5) is 0 Å². The summed E-state index contributed by atoms with van der Waals surface area (Å²) in [6, 6.07) is 0.566. The molecule has 0 bridgehead atoms. The molecule has 2 fully saturated rings. The highest BCUT2D eigenvalue weighted by Gasteiger charge is 2.40. The number of amidine groups is 1. The highest BCUT2D eigenvalue weighted by Crippen LogP contribution is 2.39. The van der Waals surface area contributed by atoms with Gasteiger partial charge in [-0.25, -0.2) is 0 Å². The van der Waals surface area contributed by atoms with Gasteiger partial charge in [0, 0.05) is 25.1 Å². The molecule has 2 aliphatic rings. The molecule has 0 aromatic heterocycles. The highest BCUT2D eigenvalue weighted by atomic mass is 16.5. The van der Waals surface area contributed by atoms with E-state index in [1.165, 1.54) is 32.1 Å². The Kier molecular flexibility index (Phi) is 5.88. The Morgan fingerprint density at radius 3 is 2.76 bits per heavy atom. The lowest BCUT2D eigenvalue weighted by atomic mass is 9.78. The average molecular weight is 297 g/mol. The van der Waals surface area contributed by atoms with Crippen LogP contribution in [0.3, 0.4) is 0 Å². The lowest BCUT2D eigenvalue weighted by Crippen LogP contribution is -2.51. The Balaban J connectivity index is 1.97. The smallest absolute Gasteiger partial charge is 0.143 e. The van der Waals surface area contributed by atoms with Gasteiger partial charge in [-0.3, -0.25) is 4.90 Å². The van der Waals surface area contributed by atoms with Gasteiger partial charge in [-0.2, -0.15) is 0 Å². The van der Waals surface area contributed by atoms with Crippen LogP contribution in [0.5, 0.6) is 0 Å². The molecule has 1 aliphatic heterocycles. The van der Waals surface area contributed by atoms with Crippen LogP contribution in [0.25, 0.3) is 0 Å². The van der Waals surface area contributed by atoms with E-state index in [0.29, 0.717) is 11.9 Å². The minimum Gasteiger partial charge on any atom is -0.409 e. The molecular formula is C16H31N3O2. The first kappa shape index (κ1) is 16.6. The number of hydrogen-bond acceptors (Lipinski definition) is 4. The quantitative estimate of drug-likeness (QED) is 0.354. The maximum absolute atomic E-state index is 8.82. The van der Waals surface area contributed by atoms with Crippen molar-refractivity contribution >= 4 is 5.84 Å². The Morgan fingerprint density at radius 2 is 2.14 bits per heavy atom. The third-order valence-electron chi connectivity index (χ3n) is 5.28. The van der Waals surface area contributed by atoms with Gasteiger partial charge in [0.25, 0.3) is 0 Å². The standard InChI is InChI=1S/C16H31N3O2/c1-3-19(12-13(2)15(17)18-20)14-7-10-21-16(11-14)8-5-4-6-9-16/h13-14,20H,3-12H2,1-2H3,(H2,17,18). The van der Waals surface area contributed by atoms with Crippen LogP contribution in [0.1, 0.15) is 58.8 Å². The van der Waals surface area contributed by atoms with Gasteiger partial charge < -0.3 is 15.7 Å². The second-order valence-corrected chi connectivity index (χ2v) is 6.75. The molecule has 5 heteroatoms. The van der Waals surface area contributed by atoms with Crippen molar-refractivity contribution in [1.29, 1.82) is 0 Å². The second-order valence-electron chi connectivity index (χ2n) is 6.75. The van der Waals surface area contributed by atoms with Crippen LogP contribution in [0.2, 0.25) is 0 Å². The average Bonchev–Trinajstić information content (AvgIpc) is 2.52. The fourth-order valence-electron chi connectivity index (χ4n) is 3.94. The summed E-state index contributed by atoms with van der Waals surface area (Å²) in [5.74, 6) is 0.410. The first-order valence-corrected chi connectivity index (χ1v) is 8.45. The fraction of sp³-hybridized carbons (Fsp3) is 0.938. The van der Waals surface area contributed by atoms with E-state index >= 15 is 0 Å². The summed E-state index contributed by atoms with van der Waals surface area (Å²) in [4.78, 5) is 2.49. The van der Waals surface area contributed by atoms with E-state index < -0.39 is 0 Å². The summed E-state index contributed by atoms with van der Waals surface area (Å²) in [7, 11) is 0. The minimum absolute atomic E-state index is 0.0834. The molecule has 0 aromatic rings. The van der Waals surface area contributed by atoms with Crippen molar-refractivity contribution in [3.05, 3.63) is 0 Å². The monoisotopic (exact) mass is 297 g/mol. The normalized spacial score (nSPS) is 28.0. The first-order valence-electron chi connectivity index (χ1n) is 8.45. The van der Waals surface area contributed by atoms with E-state index in [-0.39, 0.29) is 11.5 Å². The van der Waals surface area contributed by atoms with E-state index in [0.717, 1.165) is 32.5 Å². The maximum Gasteiger partial charge on any atom is 0.143 e. The van der Waals surface area contributed by atoms with E-state index in [2.05, 4.69) is 17.0 Å². The highest BCUT2D eigenvalue weighted by molar-refractivity contribution is 5.82. The van der Waals surface area contributed by atoms with Gasteiger partial charge in [0.15, 0.2) is 0 Å². The van der Waals surface area contributed by atoms with E-state index in [9.17, 15) is 0 Å². The Morgan fingerprint density at radius 1 is 1.43 bits per heavy atom. The van der Waals surface area contributed by atoms with Gasteiger partial charge in [0.2, 0.25) is 0 Å². The molecular weight excluding hydrogens is 266 g/mol. The van der Waals surface area contributed by atoms with Crippen molar-refractivity contribution in [3.63, 3.8) is 0 Å². The summed E-state index contributed by atoms with van der Waals surface area (Å²) in [6.45, 7) is 6.95. The molecule has 1 saturated heterocycles. The maximum atomic E-state index is 8.82. The fourth-order valence-corrected chi connectivity index (χ4v) is 3.94. The molecule has 1 spiro atoms. The van der Waals surface area contributed by atoms with Gasteiger partial charge in [0.05, 0.1) is 5.60 Å². The van der Waals surface area contributed by atoms with Crippen molar-refractivity contribution in [2.75, 3.05) is 19.7 Å². The van der Waals surface area contributed by atoms with Crippen LogP contribution in [-0.2, 0) is 4.74 Å². The Hall–Kier alpha value is -0.810. The number of oxime groups is 1. The molecule has 2 rings (SSSR count). The number of hydrogen-bond donors (Lipinski definition) is 2. The largest absolute Gasteiger partial charge is 0.409 e. The molecule has 122 valence electrons. The zero-order chi connectivity index (χ0) is 15.3. The zero-order valence-electron chi connectivity index (χ0n) is 13.6. The van der Waals surface area contributed by atoms with Crippen LogP contribution < -0.4 is 5.73 Å². The molecule has 5 nitrogen and oxygen atoms in total. The third-order valence-corrected chi connectivity index (χ3v) is 5.28. The topological polar surface area (TPSA) is 71.1 Å². The molecule has 1 aliphatic carbocycles. The van der Waals surface area contributed by atoms with Crippen LogP contribution in [0.15, 0.2) is 5.16 Å². The van der Waals surface area contributed by atoms with E-state index in [1.807, 2.05) is 6.92 Å². The first-order chi connectivity index (χ1) is 10.1. The Bertz CT molecular complexity index is 348. The lowest BCUT2D eigenvalue weighted by molar-refractivity contribution is -0.124. The summed E-state index contributed by atoms with van der Waals surface area (Å²) >= 11 is 0. The predicted octanol–water partition coefficient (Wildman–Crippen LogP) is 2.57. The molecule has 0 amide bonds. The van der Waals surface area contributed by atoms with Crippen molar-refractivity contribution in [3.8, 4) is 0 Å².